The van der Waals surface area contributed by atoms with E-state index in [1.165, 1.54) is 24.3 Å². The highest BCUT2D eigenvalue weighted by atomic mass is 19.4. The molecule has 2 aromatic carbocycles. The van der Waals surface area contributed by atoms with Crippen molar-refractivity contribution in [3.8, 4) is 0 Å². The van der Waals surface area contributed by atoms with Gasteiger partial charge in [0.1, 0.15) is 11.6 Å². The smallest absolute Gasteiger partial charge is 0.352 e. The van der Waals surface area contributed by atoms with Crippen molar-refractivity contribution in [1.82, 2.24) is 20.5 Å². The summed E-state index contributed by atoms with van der Waals surface area (Å²) in [6.07, 6.45) is -4.04. The Kier molecular flexibility index (Phi) is 5.72. The van der Waals surface area contributed by atoms with E-state index in [1.54, 1.807) is 12.1 Å². The van der Waals surface area contributed by atoms with Gasteiger partial charge in [0, 0.05) is 13.0 Å². The van der Waals surface area contributed by atoms with Crippen molar-refractivity contribution in [2.75, 3.05) is 0 Å². The third kappa shape index (κ3) is 5.38. The number of halogens is 4. The molecule has 0 bridgehead atoms. The second-order valence-electron chi connectivity index (χ2n) is 6.15. The van der Waals surface area contributed by atoms with Crippen molar-refractivity contribution in [2.45, 2.75) is 25.6 Å². The Morgan fingerprint density at radius 3 is 2.29 bits per heavy atom. The number of alkyl halides is 3. The minimum Gasteiger partial charge on any atom is -0.352 e. The molecule has 1 heterocycles. The predicted octanol–water partition coefficient (Wildman–Crippen LogP) is 3.41. The fourth-order valence-corrected chi connectivity index (χ4v) is 2.51. The van der Waals surface area contributed by atoms with Gasteiger partial charge in [0.15, 0.2) is 5.82 Å². The monoisotopic (exact) mass is 392 g/mol. The molecule has 0 aliphatic heterocycles. The molecule has 0 saturated heterocycles. The topological polar surface area (TPSA) is 70.7 Å². The van der Waals surface area contributed by atoms with Crippen LogP contribution in [0.1, 0.15) is 28.3 Å². The van der Waals surface area contributed by atoms with Crippen molar-refractivity contribution in [3.05, 3.63) is 82.7 Å². The molecular formula is C19H16F4N4O. The molecule has 3 aromatic rings. The number of carbonyl (C=O) groups is 1. The molecule has 0 fully saturated rings. The minimum atomic E-state index is -4.39. The zero-order valence-corrected chi connectivity index (χ0v) is 14.6. The molecule has 0 unspecified atom stereocenters. The Labute approximate surface area is 157 Å². The van der Waals surface area contributed by atoms with Crippen molar-refractivity contribution >= 4 is 5.91 Å². The van der Waals surface area contributed by atoms with Gasteiger partial charge in [-0.2, -0.15) is 18.3 Å². The van der Waals surface area contributed by atoms with Crippen LogP contribution in [0.5, 0.6) is 0 Å². The molecule has 146 valence electrons. The summed E-state index contributed by atoms with van der Waals surface area (Å²) < 4.78 is 50.5. The molecular weight excluding hydrogens is 376 g/mol. The highest BCUT2D eigenvalue weighted by Gasteiger charge is 2.29. The predicted molar refractivity (Wildman–Crippen MR) is 92.6 cm³/mol. The summed E-state index contributed by atoms with van der Waals surface area (Å²) in [4.78, 5) is 16.2. The molecule has 1 amide bonds. The van der Waals surface area contributed by atoms with E-state index in [9.17, 15) is 22.4 Å². The van der Waals surface area contributed by atoms with Crippen LogP contribution in [0.3, 0.4) is 0 Å². The highest BCUT2D eigenvalue weighted by Crippen LogP contribution is 2.29. The number of nitrogens with zero attached hydrogens (tertiary/aromatic N) is 2. The number of H-pyrrole nitrogens is 1. The van der Waals surface area contributed by atoms with Gasteiger partial charge in [-0.3, -0.25) is 9.89 Å². The number of rotatable bonds is 6. The fourth-order valence-electron chi connectivity index (χ4n) is 2.51. The number of amides is 1. The van der Waals surface area contributed by atoms with Gasteiger partial charge in [0.2, 0.25) is 5.91 Å². The van der Waals surface area contributed by atoms with Crippen molar-refractivity contribution < 1.29 is 22.4 Å². The van der Waals surface area contributed by atoms with E-state index in [4.69, 9.17) is 0 Å². The van der Waals surface area contributed by atoms with Crippen LogP contribution < -0.4 is 5.32 Å². The second kappa shape index (κ2) is 8.20. The lowest BCUT2D eigenvalue weighted by Gasteiger charge is -2.08. The number of carbonyl (C=O) groups excluding carboxylic acids is 1. The van der Waals surface area contributed by atoms with Crippen molar-refractivity contribution in [3.63, 3.8) is 0 Å². The molecule has 0 saturated carbocycles. The van der Waals surface area contributed by atoms with Crippen LogP contribution in [0, 0.1) is 5.82 Å². The molecule has 28 heavy (non-hydrogen) atoms. The first-order valence-corrected chi connectivity index (χ1v) is 8.37. The lowest BCUT2D eigenvalue weighted by Crippen LogP contribution is -2.25. The second-order valence-corrected chi connectivity index (χ2v) is 6.15. The summed E-state index contributed by atoms with van der Waals surface area (Å²) in [5.74, 6) is 0.151. The van der Waals surface area contributed by atoms with E-state index < -0.39 is 11.7 Å². The third-order valence-corrected chi connectivity index (χ3v) is 3.95. The summed E-state index contributed by atoms with van der Waals surface area (Å²) in [6, 6.07) is 10.5. The zero-order valence-electron chi connectivity index (χ0n) is 14.6. The Balaban J connectivity index is 1.50. The summed E-state index contributed by atoms with van der Waals surface area (Å²) in [7, 11) is 0. The molecule has 3 rings (SSSR count). The van der Waals surface area contributed by atoms with Crippen LogP contribution in [0.25, 0.3) is 0 Å². The van der Waals surface area contributed by atoms with Crippen molar-refractivity contribution in [1.29, 1.82) is 0 Å². The lowest BCUT2D eigenvalue weighted by atomic mass is 10.1. The summed E-state index contributed by atoms with van der Waals surface area (Å²) in [5.41, 5.74) is 0.654. The van der Waals surface area contributed by atoms with Crippen LogP contribution in [-0.4, -0.2) is 21.1 Å². The number of benzene rings is 2. The van der Waals surface area contributed by atoms with Gasteiger partial charge in [0.05, 0.1) is 12.0 Å². The molecule has 5 nitrogen and oxygen atoms in total. The number of hydrogen-bond donors (Lipinski definition) is 2. The molecule has 0 atom stereocenters. The number of aromatic nitrogens is 3. The quantitative estimate of drug-likeness (QED) is 0.632. The molecule has 0 aliphatic carbocycles. The lowest BCUT2D eigenvalue weighted by molar-refractivity contribution is -0.137. The van der Waals surface area contributed by atoms with Crippen LogP contribution in [0.4, 0.5) is 17.6 Å². The van der Waals surface area contributed by atoms with Gasteiger partial charge < -0.3 is 5.32 Å². The first-order chi connectivity index (χ1) is 13.3. The maximum Gasteiger partial charge on any atom is 0.416 e. The fraction of sp³-hybridized carbons (Fsp3) is 0.211. The van der Waals surface area contributed by atoms with Crippen LogP contribution >= 0.6 is 0 Å². The number of aromatic amines is 1. The van der Waals surface area contributed by atoms with E-state index in [-0.39, 0.29) is 24.7 Å². The van der Waals surface area contributed by atoms with Crippen LogP contribution in [0.2, 0.25) is 0 Å². The highest BCUT2D eigenvalue weighted by molar-refractivity contribution is 5.77. The Hall–Kier alpha value is -3.23. The van der Waals surface area contributed by atoms with E-state index >= 15 is 0 Å². The van der Waals surface area contributed by atoms with E-state index in [0.29, 0.717) is 23.6 Å². The maximum absolute atomic E-state index is 12.9. The summed E-state index contributed by atoms with van der Waals surface area (Å²) in [6.45, 7) is 0.101. The maximum atomic E-state index is 12.9. The largest absolute Gasteiger partial charge is 0.416 e. The van der Waals surface area contributed by atoms with Crippen LogP contribution in [-0.2, 0) is 30.4 Å². The molecule has 0 aliphatic rings. The van der Waals surface area contributed by atoms with Gasteiger partial charge >= 0.3 is 6.18 Å². The third-order valence-electron chi connectivity index (χ3n) is 3.95. The standard InChI is InChI=1S/C19H16F4N4O/c20-15-7-3-12(4-8-15)9-16-25-17(27-26-16)10-18(28)24-11-13-1-5-14(6-2-13)19(21,22)23/h1-8H,9-11H2,(H,24,28)(H,25,26,27). The normalized spacial score (nSPS) is 11.4. The first kappa shape index (κ1) is 19.5. The van der Waals surface area contributed by atoms with Gasteiger partial charge in [0.25, 0.3) is 0 Å². The number of nitrogens with one attached hydrogen (secondary N) is 2. The Morgan fingerprint density at radius 1 is 1.00 bits per heavy atom. The van der Waals surface area contributed by atoms with Gasteiger partial charge in [-0.15, -0.1) is 0 Å². The first-order valence-electron chi connectivity index (χ1n) is 8.37. The van der Waals surface area contributed by atoms with Crippen LogP contribution in [0.15, 0.2) is 48.5 Å². The van der Waals surface area contributed by atoms with Crippen molar-refractivity contribution in [2.24, 2.45) is 0 Å². The molecule has 1 aromatic heterocycles. The SMILES string of the molecule is O=C(Cc1n[nH]c(Cc2ccc(F)cc2)n1)NCc1ccc(C(F)(F)F)cc1. The summed E-state index contributed by atoms with van der Waals surface area (Å²) >= 11 is 0. The minimum absolute atomic E-state index is 0.0689. The van der Waals surface area contributed by atoms with E-state index in [0.717, 1.165) is 17.7 Å². The molecule has 0 radical (unpaired) electrons. The zero-order chi connectivity index (χ0) is 20.1. The van der Waals surface area contributed by atoms with E-state index in [2.05, 4.69) is 20.5 Å². The molecule has 9 heteroatoms. The molecule has 2 N–H and O–H groups in total. The van der Waals surface area contributed by atoms with Gasteiger partial charge in [-0.1, -0.05) is 24.3 Å². The average molecular weight is 392 g/mol. The van der Waals surface area contributed by atoms with E-state index in [1.807, 2.05) is 0 Å². The summed E-state index contributed by atoms with van der Waals surface area (Å²) in [5, 5.41) is 9.31. The number of hydrogen-bond acceptors (Lipinski definition) is 3. The molecule has 0 spiro atoms. The van der Waals surface area contributed by atoms with Gasteiger partial charge in [-0.05, 0) is 35.4 Å². The Bertz CT molecular complexity index is 934. The average Bonchev–Trinajstić information content (AvgIpc) is 3.08. The van der Waals surface area contributed by atoms with Gasteiger partial charge in [-0.25, -0.2) is 9.37 Å². The Morgan fingerprint density at radius 2 is 1.64 bits per heavy atom.